The standard InChI is InChI=1S/C16H25N5O4.2ClH/c1-11-8-14(19-25-11)18-15(22)10-20-4-6-21(7-5-20)16(23)13-3-2-12(9-17)24-13;;/h8,12-13H,2-7,9-10,17H2,1H3,(H,18,19,22);2*1H/t12-,13+;;/m1../s1. The van der Waals surface area contributed by atoms with Crippen LogP contribution in [0, 0.1) is 6.92 Å². The van der Waals surface area contributed by atoms with Crippen LogP contribution >= 0.6 is 24.8 Å². The number of amides is 2. The van der Waals surface area contributed by atoms with Crippen LogP contribution in [0.15, 0.2) is 10.6 Å². The molecule has 3 rings (SSSR count). The summed E-state index contributed by atoms with van der Waals surface area (Å²) in [6, 6.07) is 1.67. The molecule has 0 aliphatic carbocycles. The van der Waals surface area contributed by atoms with Gasteiger partial charge in [0.15, 0.2) is 5.82 Å². The summed E-state index contributed by atoms with van der Waals surface area (Å²) in [7, 11) is 0. The zero-order valence-corrected chi connectivity index (χ0v) is 16.9. The van der Waals surface area contributed by atoms with Crippen LogP contribution < -0.4 is 11.1 Å². The molecule has 0 aromatic carbocycles. The van der Waals surface area contributed by atoms with E-state index in [0.717, 1.165) is 12.8 Å². The minimum absolute atomic E-state index is 0. The summed E-state index contributed by atoms with van der Waals surface area (Å²) < 4.78 is 10.6. The second-order valence-corrected chi connectivity index (χ2v) is 6.53. The summed E-state index contributed by atoms with van der Waals surface area (Å²) >= 11 is 0. The highest BCUT2D eigenvalue weighted by atomic mass is 35.5. The van der Waals surface area contributed by atoms with Gasteiger partial charge in [-0.1, -0.05) is 5.16 Å². The quantitative estimate of drug-likeness (QED) is 0.704. The van der Waals surface area contributed by atoms with E-state index in [2.05, 4.69) is 10.5 Å². The van der Waals surface area contributed by atoms with E-state index in [1.807, 2.05) is 9.80 Å². The fourth-order valence-corrected chi connectivity index (χ4v) is 3.20. The summed E-state index contributed by atoms with van der Waals surface area (Å²) in [6.45, 7) is 5.00. The second-order valence-electron chi connectivity index (χ2n) is 6.53. The summed E-state index contributed by atoms with van der Waals surface area (Å²) in [5, 5.41) is 6.44. The number of nitrogens with one attached hydrogen (secondary N) is 1. The van der Waals surface area contributed by atoms with E-state index in [0.29, 0.717) is 44.3 Å². The number of rotatable bonds is 5. The van der Waals surface area contributed by atoms with Crippen LogP contribution in [0.3, 0.4) is 0 Å². The number of nitrogens with zero attached hydrogens (tertiary/aromatic N) is 3. The van der Waals surface area contributed by atoms with Crippen LogP contribution in [-0.2, 0) is 14.3 Å². The number of halogens is 2. The topological polar surface area (TPSA) is 114 Å². The third kappa shape index (κ3) is 6.32. The molecule has 0 unspecified atom stereocenters. The number of piperazine rings is 1. The van der Waals surface area contributed by atoms with Crippen LogP contribution in [0.4, 0.5) is 5.82 Å². The van der Waals surface area contributed by atoms with Gasteiger partial charge in [0.25, 0.3) is 5.91 Å². The van der Waals surface area contributed by atoms with E-state index < -0.39 is 0 Å². The molecule has 1 aromatic rings. The van der Waals surface area contributed by atoms with Crippen LogP contribution in [0.5, 0.6) is 0 Å². The molecule has 1 aromatic heterocycles. The first-order valence-corrected chi connectivity index (χ1v) is 8.65. The van der Waals surface area contributed by atoms with Crippen LogP contribution in [0.1, 0.15) is 18.6 Å². The molecule has 2 atom stereocenters. The number of ether oxygens (including phenoxy) is 1. The number of aromatic nitrogens is 1. The molecule has 3 N–H and O–H groups in total. The van der Waals surface area contributed by atoms with Crippen molar-refractivity contribution < 1.29 is 18.8 Å². The average molecular weight is 424 g/mol. The minimum Gasteiger partial charge on any atom is -0.364 e. The fourth-order valence-electron chi connectivity index (χ4n) is 3.20. The summed E-state index contributed by atoms with van der Waals surface area (Å²) in [5.41, 5.74) is 5.59. The Morgan fingerprint density at radius 3 is 2.52 bits per heavy atom. The molecule has 27 heavy (non-hydrogen) atoms. The van der Waals surface area contributed by atoms with Crippen molar-refractivity contribution in [3.8, 4) is 0 Å². The molecule has 0 radical (unpaired) electrons. The molecular weight excluding hydrogens is 397 g/mol. The highest BCUT2D eigenvalue weighted by Gasteiger charge is 2.34. The van der Waals surface area contributed by atoms with Crippen molar-refractivity contribution in [1.29, 1.82) is 0 Å². The van der Waals surface area contributed by atoms with Gasteiger partial charge >= 0.3 is 0 Å². The van der Waals surface area contributed by atoms with Gasteiger partial charge in [-0.15, -0.1) is 24.8 Å². The molecule has 2 saturated heterocycles. The maximum Gasteiger partial charge on any atom is 0.251 e. The lowest BCUT2D eigenvalue weighted by Gasteiger charge is -2.35. The number of nitrogens with two attached hydrogens (primary N) is 1. The average Bonchev–Trinajstić information content (AvgIpc) is 3.24. The predicted molar refractivity (Wildman–Crippen MR) is 104 cm³/mol. The first-order valence-electron chi connectivity index (χ1n) is 8.65. The Bertz CT molecular complexity index is 622. The number of anilines is 1. The Morgan fingerprint density at radius 2 is 1.96 bits per heavy atom. The highest BCUT2D eigenvalue weighted by molar-refractivity contribution is 5.91. The minimum atomic E-state index is -0.362. The third-order valence-corrected chi connectivity index (χ3v) is 4.59. The van der Waals surface area contributed by atoms with Crippen molar-refractivity contribution in [2.45, 2.75) is 32.0 Å². The molecule has 2 aliphatic rings. The zero-order chi connectivity index (χ0) is 17.8. The van der Waals surface area contributed by atoms with Crippen molar-refractivity contribution in [2.75, 3.05) is 44.6 Å². The molecule has 2 aliphatic heterocycles. The van der Waals surface area contributed by atoms with Crippen LogP contribution in [-0.4, -0.2) is 78.2 Å². The maximum atomic E-state index is 12.5. The van der Waals surface area contributed by atoms with Gasteiger partial charge in [0, 0.05) is 38.8 Å². The lowest BCUT2D eigenvalue weighted by atomic mass is 10.1. The molecule has 0 saturated carbocycles. The number of hydrogen-bond acceptors (Lipinski definition) is 7. The predicted octanol–water partition coefficient (Wildman–Crippen LogP) is 0.416. The lowest BCUT2D eigenvalue weighted by molar-refractivity contribution is -0.144. The molecule has 154 valence electrons. The van der Waals surface area contributed by atoms with Gasteiger partial charge in [0.2, 0.25) is 5.91 Å². The zero-order valence-electron chi connectivity index (χ0n) is 15.3. The van der Waals surface area contributed by atoms with E-state index in [-0.39, 0.29) is 55.4 Å². The van der Waals surface area contributed by atoms with Crippen molar-refractivity contribution in [3.05, 3.63) is 11.8 Å². The van der Waals surface area contributed by atoms with Gasteiger partial charge in [-0.05, 0) is 19.8 Å². The number of carbonyl (C=O) groups is 2. The molecule has 0 bridgehead atoms. The van der Waals surface area contributed by atoms with Gasteiger partial charge in [0.05, 0.1) is 12.6 Å². The van der Waals surface area contributed by atoms with Crippen molar-refractivity contribution >= 4 is 42.4 Å². The number of hydrogen-bond donors (Lipinski definition) is 2. The smallest absolute Gasteiger partial charge is 0.251 e. The molecule has 2 fully saturated rings. The fraction of sp³-hybridized carbons (Fsp3) is 0.688. The largest absolute Gasteiger partial charge is 0.364 e. The first-order chi connectivity index (χ1) is 12.0. The van der Waals surface area contributed by atoms with Crippen LogP contribution in [0.2, 0.25) is 0 Å². The monoisotopic (exact) mass is 423 g/mol. The van der Waals surface area contributed by atoms with E-state index >= 15 is 0 Å². The van der Waals surface area contributed by atoms with E-state index in [1.54, 1.807) is 13.0 Å². The van der Waals surface area contributed by atoms with Gasteiger partial charge in [-0.3, -0.25) is 14.5 Å². The molecule has 9 nitrogen and oxygen atoms in total. The van der Waals surface area contributed by atoms with Crippen molar-refractivity contribution in [2.24, 2.45) is 5.73 Å². The molecule has 0 spiro atoms. The van der Waals surface area contributed by atoms with Crippen LogP contribution in [0.25, 0.3) is 0 Å². The van der Waals surface area contributed by atoms with E-state index in [4.69, 9.17) is 15.0 Å². The SMILES string of the molecule is Cc1cc(NC(=O)CN2CCN(C(=O)[C@@H]3CC[C@H](CN)O3)CC2)no1.Cl.Cl. The molecule has 11 heteroatoms. The lowest BCUT2D eigenvalue weighted by Crippen LogP contribution is -2.52. The maximum absolute atomic E-state index is 12.5. The van der Waals surface area contributed by atoms with Crippen molar-refractivity contribution in [3.63, 3.8) is 0 Å². The van der Waals surface area contributed by atoms with Gasteiger partial charge in [-0.25, -0.2) is 0 Å². The molecule has 2 amide bonds. The summed E-state index contributed by atoms with van der Waals surface area (Å²) in [4.78, 5) is 28.4. The summed E-state index contributed by atoms with van der Waals surface area (Å²) in [6.07, 6.45) is 1.22. The van der Waals surface area contributed by atoms with E-state index in [1.165, 1.54) is 0 Å². The van der Waals surface area contributed by atoms with Gasteiger partial charge in [0.1, 0.15) is 11.9 Å². The Labute approximate surface area is 170 Å². The highest BCUT2D eigenvalue weighted by Crippen LogP contribution is 2.21. The molecule has 3 heterocycles. The first kappa shape index (κ1) is 23.6. The normalized spacial score (nSPS) is 22.7. The third-order valence-electron chi connectivity index (χ3n) is 4.59. The Hall–Kier alpha value is -1.39. The Morgan fingerprint density at radius 1 is 1.26 bits per heavy atom. The Kier molecular flexibility index (Phi) is 9.48. The van der Waals surface area contributed by atoms with Crippen molar-refractivity contribution in [1.82, 2.24) is 15.0 Å². The van der Waals surface area contributed by atoms with Gasteiger partial charge in [-0.2, -0.15) is 0 Å². The number of aryl methyl sites for hydroxylation is 1. The van der Waals surface area contributed by atoms with Gasteiger partial charge < -0.3 is 25.2 Å². The second kappa shape index (κ2) is 10.8. The summed E-state index contributed by atoms with van der Waals surface area (Å²) in [5.74, 6) is 0.966. The number of carbonyl (C=O) groups excluding carboxylic acids is 2. The molecular formula is C16H27Cl2N5O4. The Balaban J connectivity index is 0.00000182. The van der Waals surface area contributed by atoms with E-state index in [9.17, 15) is 9.59 Å².